The number of amides is 1. The Morgan fingerprint density at radius 3 is 2.31 bits per heavy atom. The molecule has 26 heavy (non-hydrogen) atoms. The van der Waals surface area contributed by atoms with Gasteiger partial charge in [-0.3, -0.25) is 4.79 Å². The molecule has 0 saturated carbocycles. The summed E-state index contributed by atoms with van der Waals surface area (Å²) in [6.45, 7) is 0.630. The van der Waals surface area contributed by atoms with Crippen LogP contribution in [0.2, 0.25) is 0 Å². The fourth-order valence-corrected chi connectivity index (χ4v) is 2.51. The molecule has 0 heterocycles. The lowest BCUT2D eigenvalue weighted by atomic mass is 10.1. The van der Waals surface area contributed by atoms with E-state index in [0.717, 1.165) is 22.7 Å². The Kier molecular flexibility index (Phi) is 5.39. The van der Waals surface area contributed by atoms with Crippen LogP contribution >= 0.6 is 0 Å². The Morgan fingerprint density at radius 2 is 1.65 bits per heavy atom. The Morgan fingerprint density at radius 1 is 0.962 bits per heavy atom. The van der Waals surface area contributed by atoms with Gasteiger partial charge in [-0.25, -0.2) is 0 Å². The van der Waals surface area contributed by atoms with Crippen molar-refractivity contribution in [1.29, 1.82) is 0 Å². The van der Waals surface area contributed by atoms with Crippen LogP contribution in [0.25, 0.3) is 0 Å². The number of para-hydroxylation sites is 1. The molecule has 0 aliphatic rings. The summed E-state index contributed by atoms with van der Waals surface area (Å²) in [4.78, 5) is 11.3. The number of ether oxygens (including phenoxy) is 2. The van der Waals surface area contributed by atoms with Crippen molar-refractivity contribution in [3.05, 3.63) is 83.9 Å². The summed E-state index contributed by atoms with van der Waals surface area (Å²) < 4.78 is 11.0. The molecule has 3 aromatic carbocycles. The van der Waals surface area contributed by atoms with Crippen molar-refractivity contribution in [3.63, 3.8) is 0 Å². The van der Waals surface area contributed by atoms with Gasteiger partial charge in [0.1, 0.15) is 17.2 Å². The molecule has 0 aliphatic heterocycles. The molecule has 5 nitrogen and oxygen atoms in total. The van der Waals surface area contributed by atoms with Crippen LogP contribution < -0.4 is 20.5 Å². The normalized spacial score (nSPS) is 10.2. The number of methoxy groups -OCH3 is 1. The molecule has 0 radical (unpaired) electrons. The van der Waals surface area contributed by atoms with Gasteiger partial charge in [-0.15, -0.1) is 0 Å². The van der Waals surface area contributed by atoms with Gasteiger partial charge in [-0.05, 0) is 42.0 Å². The van der Waals surface area contributed by atoms with E-state index in [9.17, 15) is 4.79 Å². The quantitative estimate of drug-likeness (QED) is 0.671. The largest absolute Gasteiger partial charge is 0.496 e. The minimum atomic E-state index is -0.512. The second-order valence-corrected chi connectivity index (χ2v) is 5.69. The standard InChI is InChI=1S/C21H20N2O3/c1-25-20-13-16(9-12-19(20)21(22)24)23-14-15-7-10-18(11-8-15)26-17-5-3-2-4-6-17/h2-13,23H,14H2,1H3,(H2,22,24). The monoisotopic (exact) mass is 348 g/mol. The van der Waals surface area contributed by atoms with Crippen LogP contribution in [0.3, 0.4) is 0 Å². The van der Waals surface area contributed by atoms with Gasteiger partial charge in [0.25, 0.3) is 5.91 Å². The van der Waals surface area contributed by atoms with Gasteiger partial charge in [0.2, 0.25) is 0 Å². The highest BCUT2D eigenvalue weighted by molar-refractivity contribution is 5.96. The van der Waals surface area contributed by atoms with Crippen molar-refractivity contribution in [1.82, 2.24) is 0 Å². The summed E-state index contributed by atoms with van der Waals surface area (Å²) in [7, 11) is 1.51. The second-order valence-electron chi connectivity index (χ2n) is 5.69. The fraction of sp³-hybridized carbons (Fsp3) is 0.0952. The molecule has 0 bridgehead atoms. The lowest BCUT2D eigenvalue weighted by Crippen LogP contribution is -2.12. The van der Waals surface area contributed by atoms with E-state index in [1.54, 1.807) is 18.2 Å². The maximum atomic E-state index is 11.3. The summed E-state index contributed by atoms with van der Waals surface area (Å²) in [5.41, 5.74) is 7.63. The highest BCUT2D eigenvalue weighted by Gasteiger charge is 2.09. The summed E-state index contributed by atoms with van der Waals surface area (Å²) in [5.74, 6) is 1.53. The van der Waals surface area contributed by atoms with Crippen LogP contribution in [0.4, 0.5) is 5.69 Å². The van der Waals surface area contributed by atoms with E-state index >= 15 is 0 Å². The van der Waals surface area contributed by atoms with E-state index in [-0.39, 0.29) is 0 Å². The average Bonchev–Trinajstić information content (AvgIpc) is 2.68. The SMILES string of the molecule is COc1cc(NCc2ccc(Oc3ccccc3)cc2)ccc1C(N)=O. The minimum absolute atomic E-state index is 0.362. The first-order valence-electron chi connectivity index (χ1n) is 8.19. The fourth-order valence-electron chi connectivity index (χ4n) is 2.51. The summed E-state index contributed by atoms with van der Waals surface area (Å²) in [6.07, 6.45) is 0. The van der Waals surface area contributed by atoms with Crippen molar-refractivity contribution in [2.24, 2.45) is 5.73 Å². The van der Waals surface area contributed by atoms with Crippen LogP contribution in [-0.4, -0.2) is 13.0 Å². The number of nitrogens with one attached hydrogen (secondary N) is 1. The maximum Gasteiger partial charge on any atom is 0.252 e. The molecule has 132 valence electrons. The number of anilines is 1. The number of hydrogen-bond acceptors (Lipinski definition) is 4. The third-order valence-electron chi connectivity index (χ3n) is 3.87. The zero-order valence-electron chi connectivity index (χ0n) is 14.4. The van der Waals surface area contributed by atoms with E-state index in [2.05, 4.69) is 5.32 Å². The lowest BCUT2D eigenvalue weighted by molar-refractivity contribution is 0.0997. The molecule has 0 unspecified atom stereocenters. The minimum Gasteiger partial charge on any atom is -0.496 e. The number of benzene rings is 3. The number of primary amides is 1. The smallest absolute Gasteiger partial charge is 0.252 e. The van der Waals surface area contributed by atoms with E-state index < -0.39 is 5.91 Å². The van der Waals surface area contributed by atoms with E-state index in [4.69, 9.17) is 15.2 Å². The van der Waals surface area contributed by atoms with Crippen molar-refractivity contribution >= 4 is 11.6 Å². The third kappa shape index (κ3) is 4.33. The van der Waals surface area contributed by atoms with Gasteiger partial charge < -0.3 is 20.5 Å². The van der Waals surface area contributed by atoms with Gasteiger partial charge in [-0.1, -0.05) is 30.3 Å². The number of rotatable bonds is 7. The Hall–Kier alpha value is -3.47. The van der Waals surface area contributed by atoms with Crippen molar-refractivity contribution in [3.8, 4) is 17.2 Å². The molecule has 3 rings (SSSR count). The van der Waals surface area contributed by atoms with E-state index in [0.29, 0.717) is 17.9 Å². The van der Waals surface area contributed by atoms with Crippen molar-refractivity contribution < 1.29 is 14.3 Å². The van der Waals surface area contributed by atoms with Crippen molar-refractivity contribution in [2.45, 2.75) is 6.54 Å². The molecule has 1 amide bonds. The molecule has 3 aromatic rings. The summed E-state index contributed by atoms with van der Waals surface area (Å²) in [5, 5.41) is 3.30. The topological polar surface area (TPSA) is 73.6 Å². The van der Waals surface area contributed by atoms with Crippen LogP contribution in [0.5, 0.6) is 17.2 Å². The van der Waals surface area contributed by atoms with Crippen LogP contribution in [0.15, 0.2) is 72.8 Å². The number of hydrogen-bond donors (Lipinski definition) is 2. The first-order valence-corrected chi connectivity index (χ1v) is 8.19. The Bertz CT molecular complexity index is 878. The van der Waals surface area contributed by atoms with Crippen molar-refractivity contribution in [2.75, 3.05) is 12.4 Å². The van der Waals surface area contributed by atoms with Gasteiger partial charge in [0.05, 0.1) is 12.7 Å². The first kappa shape index (κ1) is 17.4. The van der Waals surface area contributed by atoms with Gasteiger partial charge in [0, 0.05) is 18.3 Å². The molecule has 0 aromatic heterocycles. The second kappa shape index (κ2) is 8.07. The molecular weight excluding hydrogens is 328 g/mol. The molecule has 5 heteroatoms. The summed E-state index contributed by atoms with van der Waals surface area (Å²) >= 11 is 0. The Labute approximate surface area is 152 Å². The van der Waals surface area contributed by atoms with Crippen LogP contribution in [0.1, 0.15) is 15.9 Å². The molecule has 0 aliphatic carbocycles. The molecule has 0 atom stereocenters. The highest BCUT2D eigenvalue weighted by atomic mass is 16.5. The average molecular weight is 348 g/mol. The molecule has 0 fully saturated rings. The first-order chi connectivity index (χ1) is 12.7. The van der Waals surface area contributed by atoms with E-state index in [1.165, 1.54) is 7.11 Å². The molecular formula is C21H20N2O3. The summed E-state index contributed by atoms with van der Waals surface area (Å²) in [6, 6.07) is 22.7. The van der Waals surface area contributed by atoms with E-state index in [1.807, 2.05) is 54.6 Å². The lowest BCUT2D eigenvalue weighted by Gasteiger charge is -2.11. The molecule has 0 spiro atoms. The molecule has 3 N–H and O–H groups in total. The van der Waals surface area contributed by atoms with Gasteiger partial charge in [-0.2, -0.15) is 0 Å². The maximum absolute atomic E-state index is 11.3. The zero-order valence-corrected chi connectivity index (χ0v) is 14.4. The third-order valence-corrected chi connectivity index (χ3v) is 3.87. The number of nitrogens with two attached hydrogens (primary N) is 1. The van der Waals surface area contributed by atoms with Gasteiger partial charge in [0.15, 0.2) is 0 Å². The number of carbonyl (C=O) groups excluding carboxylic acids is 1. The predicted octanol–water partition coefficient (Wildman–Crippen LogP) is 4.20. The zero-order chi connectivity index (χ0) is 18.4. The number of carbonyl (C=O) groups is 1. The Balaban J connectivity index is 1.62. The highest BCUT2D eigenvalue weighted by Crippen LogP contribution is 2.24. The predicted molar refractivity (Wildman–Crippen MR) is 102 cm³/mol. The van der Waals surface area contributed by atoms with Gasteiger partial charge >= 0.3 is 0 Å². The van der Waals surface area contributed by atoms with Crippen LogP contribution in [-0.2, 0) is 6.54 Å². The van der Waals surface area contributed by atoms with Crippen LogP contribution in [0, 0.1) is 0 Å². The molecule has 0 saturated heterocycles.